The average molecular weight is 233 g/mol. The van der Waals surface area contributed by atoms with Gasteiger partial charge in [0.25, 0.3) is 0 Å². The molecule has 1 aromatic carbocycles. The summed E-state index contributed by atoms with van der Waals surface area (Å²) < 4.78 is 11.2. The van der Waals surface area contributed by atoms with E-state index in [4.69, 9.17) is 15.2 Å². The number of ether oxygens (including phenoxy) is 2. The molecule has 2 saturated carbocycles. The van der Waals surface area contributed by atoms with Crippen LogP contribution in [-0.4, -0.2) is 18.8 Å². The molecule has 0 saturated heterocycles. The molecule has 2 aliphatic carbocycles. The van der Waals surface area contributed by atoms with Gasteiger partial charge >= 0.3 is 0 Å². The Kier molecular flexibility index (Phi) is 2.51. The molecule has 0 heterocycles. The number of nitrogens with two attached hydrogens (primary N) is 1. The molecule has 1 aromatic rings. The molecule has 3 heteroatoms. The third-order valence-electron chi connectivity index (χ3n) is 3.49. The summed E-state index contributed by atoms with van der Waals surface area (Å²) in [6.07, 6.45) is 5.94. The minimum absolute atomic E-state index is 0.0455. The Balaban J connectivity index is 1.76. The first-order valence-corrected chi connectivity index (χ1v) is 6.31. The van der Waals surface area contributed by atoms with Gasteiger partial charge in [0.15, 0.2) is 11.5 Å². The zero-order valence-electron chi connectivity index (χ0n) is 10.2. The molecule has 0 aliphatic heterocycles. The molecule has 0 amide bonds. The standard InChI is InChI=1S/C14H19NO2/c1-16-13-8-10(9-14(15)6-7-14)2-5-12(13)17-11-3-4-11/h2,5,8,11H,3-4,6-7,9,15H2,1H3. The SMILES string of the molecule is COc1cc(CC2(N)CC2)ccc1OC1CC1. The first kappa shape index (κ1) is 10.9. The zero-order valence-corrected chi connectivity index (χ0v) is 10.2. The molecule has 0 bridgehead atoms. The first-order valence-electron chi connectivity index (χ1n) is 6.31. The highest BCUT2D eigenvalue weighted by molar-refractivity contribution is 5.44. The fourth-order valence-electron chi connectivity index (χ4n) is 2.03. The van der Waals surface area contributed by atoms with E-state index in [1.54, 1.807) is 7.11 Å². The highest BCUT2D eigenvalue weighted by Gasteiger charge is 2.38. The second-order valence-corrected chi connectivity index (χ2v) is 5.34. The van der Waals surface area contributed by atoms with Crippen LogP contribution in [0.15, 0.2) is 18.2 Å². The van der Waals surface area contributed by atoms with Crippen LogP contribution in [0, 0.1) is 0 Å². The maximum atomic E-state index is 6.13. The van der Waals surface area contributed by atoms with E-state index < -0.39 is 0 Å². The molecule has 0 atom stereocenters. The van der Waals surface area contributed by atoms with Crippen molar-refractivity contribution in [1.82, 2.24) is 0 Å². The zero-order chi connectivity index (χ0) is 11.9. The van der Waals surface area contributed by atoms with Crippen LogP contribution in [0.1, 0.15) is 31.2 Å². The van der Waals surface area contributed by atoms with Gasteiger partial charge in [0.05, 0.1) is 13.2 Å². The van der Waals surface area contributed by atoms with Crippen LogP contribution in [0.3, 0.4) is 0 Å². The highest BCUT2D eigenvalue weighted by Crippen LogP contribution is 2.38. The molecule has 3 nitrogen and oxygen atoms in total. The van der Waals surface area contributed by atoms with E-state index in [-0.39, 0.29) is 5.54 Å². The number of benzene rings is 1. The fraction of sp³-hybridized carbons (Fsp3) is 0.571. The number of rotatable bonds is 5. The third kappa shape index (κ3) is 2.55. The normalized spacial score (nSPS) is 21.1. The Morgan fingerprint density at radius 3 is 2.65 bits per heavy atom. The minimum atomic E-state index is 0.0455. The monoisotopic (exact) mass is 233 g/mol. The molecular formula is C14H19NO2. The summed E-state index contributed by atoms with van der Waals surface area (Å²) in [4.78, 5) is 0. The largest absolute Gasteiger partial charge is 0.493 e. The summed E-state index contributed by atoms with van der Waals surface area (Å²) in [5.41, 5.74) is 7.41. The molecule has 0 unspecified atom stereocenters. The molecule has 2 N–H and O–H groups in total. The van der Waals surface area contributed by atoms with Gasteiger partial charge in [-0.1, -0.05) is 6.07 Å². The minimum Gasteiger partial charge on any atom is -0.493 e. The number of hydrogen-bond donors (Lipinski definition) is 1. The molecule has 0 aromatic heterocycles. The number of methoxy groups -OCH3 is 1. The quantitative estimate of drug-likeness (QED) is 0.848. The van der Waals surface area contributed by atoms with E-state index in [9.17, 15) is 0 Å². The van der Waals surface area contributed by atoms with Crippen LogP contribution in [-0.2, 0) is 6.42 Å². The van der Waals surface area contributed by atoms with Crippen LogP contribution in [0.4, 0.5) is 0 Å². The van der Waals surface area contributed by atoms with E-state index in [1.165, 1.54) is 5.56 Å². The van der Waals surface area contributed by atoms with Gasteiger partial charge in [-0.2, -0.15) is 0 Å². The lowest BCUT2D eigenvalue weighted by Gasteiger charge is -2.13. The van der Waals surface area contributed by atoms with E-state index >= 15 is 0 Å². The van der Waals surface area contributed by atoms with Crippen molar-refractivity contribution in [1.29, 1.82) is 0 Å². The fourth-order valence-corrected chi connectivity index (χ4v) is 2.03. The van der Waals surface area contributed by atoms with Gasteiger partial charge in [-0.05, 0) is 49.8 Å². The Morgan fingerprint density at radius 2 is 2.06 bits per heavy atom. The molecule has 92 valence electrons. The van der Waals surface area contributed by atoms with Crippen molar-refractivity contribution < 1.29 is 9.47 Å². The lowest BCUT2D eigenvalue weighted by Crippen LogP contribution is -2.24. The van der Waals surface area contributed by atoms with Gasteiger partial charge in [-0.15, -0.1) is 0 Å². The topological polar surface area (TPSA) is 44.5 Å². The van der Waals surface area contributed by atoms with E-state index in [0.717, 1.165) is 43.6 Å². The van der Waals surface area contributed by atoms with Crippen molar-refractivity contribution in [2.75, 3.05) is 7.11 Å². The second-order valence-electron chi connectivity index (χ2n) is 5.34. The van der Waals surface area contributed by atoms with Gasteiger partial charge in [0.2, 0.25) is 0 Å². The van der Waals surface area contributed by atoms with Crippen LogP contribution in [0.25, 0.3) is 0 Å². The van der Waals surface area contributed by atoms with Gasteiger partial charge in [-0.25, -0.2) is 0 Å². The molecule has 17 heavy (non-hydrogen) atoms. The van der Waals surface area contributed by atoms with E-state index in [2.05, 4.69) is 12.1 Å². The Labute approximate surface area is 102 Å². The van der Waals surface area contributed by atoms with Gasteiger partial charge in [0, 0.05) is 5.54 Å². The lowest BCUT2D eigenvalue weighted by molar-refractivity contribution is 0.282. The molecule has 3 rings (SSSR count). The van der Waals surface area contributed by atoms with Crippen molar-refractivity contribution in [2.45, 2.75) is 43.7 Å². The lowest BCUT2D eigenvalue weighted by atomic mass is 10.0. The second kappa shape index (κ2) is 3.91. The van der Waals surface area contributed by atoms with Crippen molar-refractivity contribution >= 4 is 0 Å². The van der Waals surface area contributed by atoms with Crippen molar-refractivity contribution in [3.8, 4) is 11.5 Å². The molecule has 0 spiro atoms. The maximum Gasteiger partial charge on any atom is 0.161 e. The van der Waals surface area contributed by atoms with Crippen LogP contribution >= 0.6 is 0 Å². The van der Waals surface area contributed by atoms with Crippen LogP contribution in [0.5, 0.6) is 11.5 Å². The summed E-state index contributed by atoms with van der Waals surface area (Å²) in [7, 11) is 1.69. The van der Waals surface area contributed by atoms with Crippen molar-refractivity contribution in [3.05, 3.63) is 23.8 Å². The summed E-state index contributed by atoms with van der Waals surface area (Å²) in [5, 5.41) is 0. The molecule has 0 radical (unpaired) electrons. The summed E-state index contributed by atoms with van der Waals surface area (Å²) in [6, 6.07) is 6.18. The van der Waals surface area contributed by atoms with Crippen molar-refractivity contribution in [3.63, 3.8) is 0 Å². The molecular weight excluding hydrogens is 214 g/mol. The van der Waals surface area contributed by atoms with E-state index in [0.29, 0.717) is 6.10 Å². The van der Waals surface area contributed by atoms with Gasteiger partial charge in [-0.3, -0.25) is 0 Å². The van der Waals surface area contributed by atoms with Gasteiger partial charge < -0.3 is 15.2 Å². The Hall–Kier alpha value is -1.22. The van der Waals surface area contributed by atoms with Crippen LogP contribution < -0.4 is 15.2 Å². The molecule has 2 aliphatic rings. The first-order chi connectivity index (χ1) is 8.18. The molecule has 2 fully saturated rings. The summed E-state index contributed by atoms with van der Waals surface area (Å²) in [5.74, 6) is 1.69. The van der Waals surface area contributed by atoms with Crippen molar-refractivity contribution in [2.24, 2.45) is 5.73 Å². The predicted molar refractivity (Wildman–Crippen MR) is 66.5 cm³/mol. The average Bonchev–Trinajstić information content (AvgIpc) is 3.21. The summed E-state index contributed by atoms with van der Waals surface area (Å²) in [6.45, 7) is 0. The maximum absolute atomic E-state index is 6.13. The smallest absolute Gasteiger partial charge is 0.161 e. The van der Waals surface area contributed by atoms with Gasteiger partial charge in [0.1, 0.15) is 0 Å². The number of hydrogen-bond acceptors (Lipinski definition) is 3. The Bertz CT molecular complexity index is 422. The highest BCUT2D eigenvalue weighted by atomic mass is 16.5. The third-order valence-corrected chi connectivity index (χ3v) is 3.49. The summed E-state index contributed by atoms with van der Waals surface area (Å²) >= 11 is 0. The predicted octanol–water partition coefficient (Wildman–Crippen LogP) is 2.27. The van der Waals surface area contributed by atoms with E-state index in [1.807, 2.05) is 6.07 Å². The Morgan fingerprint density at radius 1 is 1.29 bits per heavy atom. The van der Waals surface area contributed by atoms with Crippen LogP contribution in [0.2, 0.25) is 0 Å².